The van der Waals surface area contributed by atoms with Crippen LogP contribution in [0.1, 0.15) is 136 Å². The summed E-state index contributed by atoms with van der Waals surface area (Å²) >= 11 is 0. The van der Waals surface area contributed by atoms with Crippen LogP contribution in [-0.2, 0) is 4.79 Å². The first kappa shape index (κ1) is 43.2. The molecule has 8 nitrogen and oxygen atoms in total. The van der Waals surface area contributed by atoms with E-state index in [2.05, 4.69) is 48.8 Å². The fraction of sp³-hybridized carbons (Fsp3) is 0.808. The second kappa shape index (κ2) is 15.3. The molecule has 4 bridgehead atoms. The van der Waals surface area contributed by atoms with Gasteiger partial charge in [-0.3, -0.25) is 4.79 Å². The number of rotatable bonds is 3. The molecular formula is C52H75N3O5S2. The van der Waals surface area contributed by atoms with Crippen LogP contribution in [0.3, 0.4) is 0 Å². The molecule has 7 fully saturated rings. The molecular weight excluding hydrogens is 811 g/mol. The van der Waals surface area contributed by atoms with Crippen LogP contribution in [0.4, 0.5) is 0 Å². The normalized spacial score (nSPS) is 48.2. The average Bonchev–Trinajstić information content (AvgIpc) is 3.99. The quantitative estimate of drug-likeness (QED) is 0.150. The van der Waals surface area contributed by atoms with Gasteiger partial charge < -0.3 is 30.3 Å². The molecule has 2 heterocycles. The zero-order valence-electron chi connectivity index (χ0n) is 38.2. The number of aliphatic hydroxyl groups excluding tert-OH is 3. The van der Waals surface area contributed by atoms with Gasteiger partial charge in [-0.15, -0.1) is 0 Å². The van der Waals surface area contributed by atoms with Crippen molar-refractivity contribution in [1.82, 2.24) is 14.9 Å². The first-order chi connectivity index (χ1) is 29.7. The molecule has 62 heavy (non-hydrogen) atoms. The Morgan fingerprint density at radius 2 is 1.66 bits per heavy atom. The van der Waals surface area contributed by atoms with Gasteiger partial charge >= 0.3 is 0 Å². The number of aromatic nitrogens is 2. The van der Waals surface area contributed by atoms with E-state index >= 15 is 0 Å². The SMILES string of the molecule is CNCC1C(O)C(O)CC2(C)C3CCC4(C)C5CC(CSSCC(n6ccnc6)CC(C)(C)C6=C7CCCC8(CCCC8)C7C7=C8C(CCC7)CC5C(O)C86)C4(O)C3=CC(=O)C12. The van der Waals surface area contributed by atoms with E-state index in [1.165, 1.54) is 57.8 Å². The molecule has 0 aromatic carbocycles. The van der Waals surface area contributed by atoms with Crippen LogP contribution < -0.4 is 5.32 Å². The molecule has 340 valence electrons. The van der Waals surface area contributed by atoms with Crippen molar-refractivity contribution in [3.63, 3.8) is 0 Å². The number of carbonyl (C=O) groups is 1. The lowest BCUT2D eigenvalue weighted by molar-refractivity contribution is -0.173. The minimum Gasteiger partial charge on any atom is -0.392 e. The van der Waals surface area contributed by atoms with Crippen molar-refractivity contribution in [2.24, 2.45) is 74.9 Å². The summed E-state index contributed by atoms with van der Waals surface area (Å²) in [7, 11) is 5.69. The summed E-state index contributed by atoms with van der Waals surface area (Å²) in [6.07, 6.45) is 23.2. The number of nitrogens with zero attached hydrogens (tertiary/aromatic N) is 2. The van der Waals surface area contributed by atoms with Crippen molar-refractivity contribution in [2.45, 2.75) is 160 Å². The topological polar surface area (TPSA) is 128 Å². The number of carbonyl (C=O) groups excluding carboxylic acids is 1. The Kier molecular flexibility index (Phi) is 10.7. The van der Waals surface area contributed by atoms with Crippen LogP contribution in [0.15, 0.2) is 52.7 Å². The molecule has 10 heteroatoms. The second-order valence-corrected chi connectivity index (χ2v) is 26.4. The van der Waals surface area contributed by atoms with Gasteiger partial charge in [0.1, 0.15) is 0 Å². The van der Waals surface area contributed by atoms with Gasteiger partial charge in [0.25, 0.3) is 0 Å². The lowest BCUT2D eigenvalue weighted by Crippen LogP contribution is -2.65. The molecule has 0 radical (unpaired) electrons. The largest absolute Gasteiger partial charge is 0.392 e. The summed E-state index contributed by atoms with van der Waals surface area (Å²) in [5, 5.41) is 53.8. The average molecular weight is 886 g/mol. The van der Waals surface area contributed by atoms with E-state index < -0.39 is 46.6 Å². The van der Waals surface area contributed by atoms with Crippen molar-refractivity contribution in [3.05, 3.63) is 52.7 Å². The number of allylic oxidation sites excluding steroid dienone is 3. The van der Waals surface area contributed by atoms with Crippen molar-refractivity contribution in [2.75, 3.05) is 25.1 Å². The van der Waals surface area contributed by atoms with Gasteiger partial charge in [0.15, 0.2) is 5.78 Å². The molecule has 1 aromatic rings. The minimum atomic E-state index is -1.22. The molecule has 1 aliphatic heterocycles. The molecule has 0 amide bonds. The maximum Gasteiger partial charge on any atom is 0.159 e. The number of aliphatic hydroxyl groups is 4. The van der Waals surface area contributed by atoms with Gasteiger partial charge in [0.05, 0.1) is 30.2 Å². The number of hydrogen-bond acceptors (Lipinski definition) is 9. The van der Waals surface area contributed by atoms with Gasteiger partial charge in [0.2, 0.25) is 0 Å². The summed E-state index contributed by atoms with van der Waals surface area (Å²) in [5.74, 6) is 1.97. The summed E-state index contributed by atoms with van der Waals surface area (Å²) in [5.41, 5.74) is 5.58. The number of fused-ring (bicyclic) bond motifs is 14. The third-order valence-corrected chi connectivity index (χ3v) is 23.3. The van der Waals surface area contributed by atoms with E-state index in [-0.39, 0.29) is 46.8 Å². The van der Waals surface area contributed by atoms with Crippen LogP contribution in [-0.4, -0.2) is 84.8 Å². The van der Waals surface area contributed by atoms with E-state index in [1.54, 1.807) is 22.3 Å². The Hall–Kier alpha value is -1.40. The van der Waals surface area contributed by atoms with Gasteiger partial charge in [-0.05, 0) is 149 Å². The highest BCUT2D eigenvalue weighted by Crippen LogP contribution is 2.73. The highest BCUT2D eigenvalue weighted by molar-refractivity contribution is 8.76. The number of ketones is 1. The van der Waals surface area contributed by atoms with Crippen LogP contribution in [0, 0.1) is 74.9 Å². The predicted molar refractivity (Wildman–Crippen MR) is 248 cm³/mol. The van der Waals surface area contributed by atoms with Crippen molar-refractivity contribution >= 4 is 27.4 Å². The minimum absolute atomic E-state index is 0.00547. The summed E-state index contributed by atoms with van der Waals surface area (Å²) in [6.45, 7) is 10.1. The van der Waals surface area contributed by atoms with E-state index in [4.69, 9.17) is 0 Å². The predicted octanol–water partition coefficient (Wildman–Crippen LogP) is 8.88. The molecule has 6 saturated carbocycles. The van der Waals surface area contributed by atoms with E-state index in [0.29, 0.717) is 30.2 Å². The lowest BCUT2D eigenvalue weighted by atomic mass is 9.43. The Morgan fingerprint density at radius 3 is 2.42 bits per heavy atom. The van der Waals surface area contributed by atoms with Crippen molar-refractivity contribution in [1.29, 1.82) is 0 Å². The zero-order valence-corrected chi connectivity index (χ0v) is 39.8. The number of hydrogen-bond donors (Lipinski definition) is 5. The van der Waals surface area contributed by atoms with E-state index in [0.717, 1.165) is 55.6 Å². The van der Waals surface area contributed by atoms with Crippen molar-refractivity contribution in [3.8, 4) is 0 Å². The fourth-order valence-electron chi connectivity index (χ4n) is 18.6. The molecule has 1 spiro atoms. The third-order valence-electron chi connectivity index (χ3n) is 20.8. The Labute approximate surface area is 378 Å². The van der Waals surface area contributed by atoms with Gasteiger partial charge in [-0.1, -0.05) is 84.4 Å². The Morgan fingerprint density at radius 1 is 0.903 bits per heavy atom. The molecule has 16 atom stereocenters. The number of nitrogens with one attached hydrogen (secondary N) is 1. The zero-order chi connectivity index (χ0) is 43.1. The van der Waals surface area contributed by atoms with E-state index in [9.17, 15) is 25.2 Å². The van der Waals surface area contributed by atoms with E-state index in [1.807, 2.05) is 47.2 Å². The maximum absolute atomic E-state index is 14.8. The monoisotopic (exact) mass is 886 g/mol. The van der Waals surface area contributed by atoms with Crippen LogP contribution in [0.5, 0.6) is 0 Å². The molecule has 1 aromatic heterocycles. The number of imidazole rings is 1. The maximum atomic E-state index is 14.8. The fourth-order valence-corrected chi connectivity index (χ4v) is 21.3. The van der Waals surface area contributed by atoms with Crippen molar-refractivity contribution < 1.29 is 25.2 Å². The summed E-state index contributed by atoms with van der Waals surface area (Å²) in [4.78, 5) is 19.3. The smallest absolute Gasteiger partial charge is 0.159 e. The van der Waals surface area contributed by atoms with Crippen LogP contribution in [0.2, 0.25) is 0 Å². The van der Waals surface area contributed by atoms with Gasteiger partial charge in [-0.25, -0.2) is 4.98 Å². The first-order valence-electron chi connectivity index (χ1n) is 25.0. The third kappa shape index (κ3) is 5.96. The van der Waals surface area contributed by atoms with Crippen LogP contribution >= 0.6 is 21.6 Å². The highest BCUT2D eigenvalue weighted by Gasteiger charge is 2.72. The second-order valence-electron chi connectivity index (χ2n) is 23.8. The highest BCUT2D eigenvalue weighted by atomic mass is 33.1. The molecule has 5 N–H and O–H groups in total. The standard InChI is InChI=1S/C52H75N3O5S2/c1-48(2)23-31(55-19-18-54-28-55)27-62-61-26-30-21-37(50(4)17-13-36-38(52(30,50)60)22-39(56)44-35(25-53-5)46(58)40(57)24-49(36,44)3)34-20-29-10-8-11-32-41(29)42(47(34)59)45(48)33-12-9-16-51(43(32)33)14-6-7-15-51/h18-19,22,28-31,34-37,40,42-44,46-47,53,57-60H,6-17,20-21,23-27H2,1-5H3. The molecule has 11 rings (SSSR count). The lowest BCUT2D eigenvalue weighted by Gasteiger charge is -2.63. The summed E-state index contributed by atoms with van der Waals surface area (Å²) < 4.78 is 2.34. The Bertz CT molecular complexity index is 2040. The molecule has 10 aliphatic rings. The van der Waals surface area contributed by atoms with Gasteiger partial charge in [-0.2, -0.15) is 0 Å². The Balaban J connectivity index is 1.06. The molecule has 16 unspecified atom stereocenters. The first-order valence-corrected chi connectivity index (χ1v) is 27.5. The van der Waals surface area contributed by atoms with Crippen LogP contribution in [0.25, 0.3) is 0 Å². The van der Waals surface area contributed by atoms with Gasteiger partial charge in [0, 0.05) is 71.5 Å². The summed E-state index contributed by atoms with van der Waals surface area (Å²) in [6, 6.07) is 0.232. The molecule has 1 saturated heterocycles. The molecule has 9 aliphatic carbocycles.